The topological polar surface area (TPSA) is 107 Å². The Morgan fingerprint density at radius 2 is 1.82 bits per heavy atom. The second kappa shape index (κ2) is 12.6. The molecule has 9 nitrogen and oxygen atoms in total. The largest absolute Gasteiger partial charge is 0.573 e. The van der Waals surface area contributed by atoms with Gasteiger partial charge in [0.1, 0.15) is 17.3 Å². The van der Waals surface area contributed by atoms with E-state index in [2.05, 4.69) is 30.7 Å². The van der Waals surface area contributed by atoms with Crippen LogP contribution in [0.25, 0.3) is 0 Å². The van der Waals surface area contributed by atoms with Crippen LogP contribution in [-0.2, 0) is 0 Å². The summed E-state index contributed by atoms with van der Waals surface area (Å²) in [7, 11) is 4.69. The molecule has 3 N–H and O–H groups in total. The Morgan fingerprint density at radius 3 is 2.42 bits per heavy atom. The number of amides is 2. The molecule has 182 valence electrons. The molecule has 0 aliphatic heterocycles. The van der Waals surface area contributed by atoms with Gasteiger partial charge in [-0.25, -0.2) is 9.78 Å². The lowest BCUT2D eigenvalue weighted by molar-refractivity contribution is -0.274. The number of anilines is 2. The molecule has 3 rings (SSSR count). The van der Waals surface area contributed by atoms with Crippen LogP contribution in [0.3, 0.4) is 0 Å². The molecular formula is C21H28F3N5O4. The number of carbonyl (C=O) groups is 1. The van der Waals surface area contributed by atoms with Crippen molar-refractivity contribution in [3.05, 3.63) is 30.5 Å². The van der Waals surface area contributed by atoms with Crippen molar-refractivity contribution in [3.8, 4) is 17.5 Å². The van der Waals surface area contributed by atoms with Crippen molar-refractivity contribution in [1.29, 1.82) is 0 Å². The summed E-state index contributed by atoms with van der Waals surface area (Å²) >= 11 is 0. The van der Waals surface area contributed by atoms with Crippen molar-refractivity contribution in [3.63, 3.8) is 0 Å². The van der Waals surface area contributed by atoms with Gasteiger partial charge in [-0.15, -0.1) is 13.2 Å². The van der Waals surface area contributed by atoms with Crippen molar-refractivity contribution in [1.82, 2.24) is 15.3 Å². The van der Waals surface area contributed by atoms with E-state index >= 15 is 0 Å². The van der Waals surface area contributed by atoms with Crippen LogP contribution in [-0.4, -0.2) is 49.7 Å². The maximum absolute atomic E-state index is 12.3. The summed E-state index contributed by atoms with van der Waals surface area (Å²) in [6.45, 7) is 0. The van der Waals surface area contributed by atoms with Gasteiger partial charge < -0.3 is 30.2 Å². The Kier molecular flexibility index (Phi) is 9.83. The average Bonchev–Trinajstić information content (AvgIpc) is 2.79. The van der Waals surface area contributed by atoms with E-state index in [9.17, 15) is 18.0 Å². The molecule has 1 aromatic carbocycles. The lowest BCUT2D eigenvalue weighted by atomic mass is 9.96. The first-order valence-electron chi connectivity index (χ1n) is 10.3. The Balaban J connectivity index is 0.000000321. The molecule has 1 heterocycles. The summed E-state index contributed by atoms with van der Waals surface area (Å²) in [4.78, 5) is 19.8. The zero-order valence-electron chi connectivity index (χ0n) is 18.7. The molecule has 33 heavy (non-hydrogen) atoms. The Labute approximate surface area is 190 Å². The number of ether oxygens (including phenoxy) is 3. The fourth-order valence-corrected chi connectivity index (χ4v) is 3.15. The van der Waals surface area contributed by atoms with Gasteiger partial charge in [0.2, 0.25) is 0 Å². The minimum atomic E-state index is -4.80. The number of nitrogens with zero attached hydrogens (tertiary/aromatic N) is 2. The van der Waals surface area contributed by atoms with E-state index in [1.807, 2.05) is 0 Å². The molecule has 0 spiro atoms. The van der Waals surface area contributed by atoms with E-state index in [-0.39, 0.29) is 17.5 Å². The summed E-state index contributed by atoms with van der Waals surface area (Å²) in [6, 6.07) is 5.26. The van der Waals surface area contributed by atoms with Crippen LogP contribution in [0, 0.1) is 0 Å². The average molecular weight is 471 g/mol. The predicted octanol–water partition coefficient (Wildman–Crippen LogP) is 4.57. The van der Waals surface area contributed by atoms with Crippen molar-refractivity contribution in [2.24, 2.45) is 0 Å². The summed E-state index contributed by atoms with van der Waals surface area (Å²) in [5, 5.41) is 8.20. The molecule has 1 aliphatic rings. The molecule has 0 atom stereocenters. The van der Waals surface area contributed by atoms with Crippen molar-refractivity contribution in [2.45, 2.75) is 44.5 Å². The van der Waals surface area contributed by atoms with Crippen molar-refractivity contribution >= 4 is 17.5 Å². The molecule has 0 radical (unpaired) electrons. The Hall–Kier alpha value is -3.44. The summed E-state index contributed by atoms with van der Waals surface area (Å²) in [5.74, 6) is 0.580. The number of urea groups is 1. The molecule has 1 saturated carbocycles. The van der Waals surface area contributed by atoms with Crippen LogP contribution in [0.5, 0.6) is 17.5 Å². The van der Waals surface area contributed by atoms with Crippen LogP contribution in [0.1, 0.15) is 32.1 Å². The van der Waals surface area contributed by atoms with E-state index < -0.39 is 18.1 Å². The lowest BCUT2D eigenvalue weighted by Crippen LogP contribution is -2.39. The molecular weight excluding hydrogens is 443 g/mol. The van der Waals surface area contributed by atoms with E-state index in [4.69, 9.17) is 9.47 Å². The number of hydrogen-bond donors (Lipinski definition) is 3. The smallest absolute Gasteiger partial charge is 0.495 e. The Bertz CT molecular complexity index is 873. The number of aromatic nitrogens is 2. The number of benzene rings is 1. The third-order valence-corrected chi connectivity index (χ3v) is 4.67. The number of alkyl halides is 3. The van der Waals surface area contributed by atoms with Gasteiger partial charge in [0, 0.05) is 25.4 Å². The maximum atomic E-state index is 12.3. The number of carbonyl (C=O) groups excluding carboxylic acids is 1. The zero-order chi connectivity index (χ0) is 24.3. The van der Waals surface area contributed by atoms with Crippen LogP contribution in [0.15, 0.2) is 30.5 Å². The molecule has 1 fully saturated rings. The van der Waals surface area contributed by atoms with Gasteiger partial charge in [-0.2, -0.15) is 4.98 Å². The molecule has 0 unspecified atom stereocenters. The zero-order valence-corrected chi connectivity index (χ0v) is 18.7. The summed E-state index contributed by atoms with van der Waals surface area (Å²) in [5.41, 5.74) is 0.113. The number of nitrogens with one attached hydrogen (secondary N) is 3. The second-order valence-corrected chi connectivity index (χ2v) is 7.02. The van der Waals surface area contributed by atoms with Crippen LogP contribution < -0.4 is 30.2 Å². The van der Waals surface area contributed by atoms with E-state index in [0.717, 1.165) is 50.1 Å². The summed E-state index contributed by atoms with van der Waals surface area (Å²) < 4.78 is 50.5. The highest BCUT2D eigenvalue weighted by Gasteiger charge is 2.31. The van der Waals surface area contributed by atoms with Crippen LogP contribution in [0.4, 0.5) is 29.5 Å². The molecule has 2 aromatic rings. The van der Waals surface area contributed by atoms with Gasteiger partial charge in [-0.1, -0.05) is 19.3 Å². The molecule has 1 aliphatic carbocycles. The molecule has 2 amide bonds. The molecule has 0 saturated heterocycles. The van der Waals surface area contributed by atoms with Gasteiger partial charge in [0.05, 0.1) is 19.9 Å². The fraction of sp³-hybridized carbons (Fsp3) is 0.476. The molecule has 12 heteroatoms. The van der Waals surface area contributed by atoms with Gasteiger partial charge in [-0.3, -0.25) is 0 Å². The normalized spacial score (nSPS) is 13.8. The van der Waals surface area contributed by atoms with Crippen molar-refractivity contribution < 1.29 is 32.2 Å². The highest BCUT2D eigenvalue weighted by Crippen LogP contribution is 2.32. The second-order valence-electron chi connectivity index (χ2n) is 7.02. The highest BCUT2D eigenvalue weighted by molar-refractivity contribution is 5.91. The van der Waals surface area contributed by atoms with Gasteiger partial charge in [-0.05, 0) is 31.0 Å². The maximum Gasteiger partial charge on any atom is 0.573 e. The van der Waals surface area contributed by atoms with Crippen LogP contribution >= 0.6 is 0 Å². The van der Waals surface area contributed by atoms with Crippen molar-refractivity contribution in [2.75, 3.05) is 31.9 Å². The van der Waals surface area contributed by atoms with Gasteiger partial charge >= 0.3 is 18.4 Å². The monoisotopic (exact) mass is 471 g/mol. The van der Waals surface area contributed by atoms with E-state index in [1.165, 1.54) is 20.3 Å². The highest BCUT2D eigenvalue weighted by atomic mass is 19.4. The van der Waals surface area contributed by atoms with Gasteiger partial charge in [0.15, 0.2) is 0 Å². The lowest BCUT2D eigenvalue weighted by Gasteiger charge is -2.23. The van der Waals surface area contributed by atoms with Crippen LogP contribution in [0.2, 0.25) is 0 Å². The first-order chi connectivity index (χ1) is 15.7. The minimum Gasteiger partial charge on any atom is -0.495 e. The Morgan fingerprint density at radius 1 is 1.09 bits per heavy atom. The SMILES string of the molecule is CNc1ccnc(OC)n1.COc1ccc(OC(F)(F)F)cc1NC(=O)NC1CCCCC1. The predicted molar refractivity (Wildman–Crippen MR) is 117 cm³/mol. The quantitative estimate of drug-likeness (QED) is 0.566. The van der Waals surface area contributed by atoms with E-state index in [1.54, 1.807) is 19.3 Å². The molecule has 1 aromatic heterocycles. The minimum absolute atomic E-state index is 0.0874. The third kappa shape index (κ3) is 9.29. The number of halogens is 3. The van der Waals surface area contributed by atoms with E-state index in [0.29, 0.717) is 6.01 Å². The third-order valence-electron chi connectivity index (χ3n) is 4.67. The summed E-state index contributed by atoms with van der Waals surface area (Å²) in [6.07, 6.45) is 1.92. The first-order valence-corrected chi connectivity index (χ1v) is 10.3. The standard InChI is InChI=1S/C15H19F3N2O3.C6H9N3O/c1-22-13-8-7-11(23-15(16,17)18)9-12(13)20-14(21)19-10-5-3-2-4-6-10;1-7-5-3-4-8-6(9-5)10-2/h7-10H,2-6H2,1H3,(H2,19,20,21);3-4H,1-2H3,(H,7,8,9). The first kappa shape index (κ1) is 25.8. The number of rotatable bonds is 6. The number of hydrogen-bond acceptors (Lipinski definition) is 7. The van der Waals surface area contributed by atoms with Gasteiger partial charge in [0.25, 0.3) is 0 Å². The number of methoxy groups -OCH3 is 2. The molecule has 0 bridgehead atoms. The fourth-order valence-electron chi connectivity index (χ4n) is 3.15.